The molecule has 2 aromatic heterocycles. The second kappa shape index (κ2) is 11.3. The summed E-state index contributed by atoms with van der Waals surface area (Å²) in [5, 5.41) is 15.3. The summed E-state index contributed by atoms with van der Waals surface area (Å²) in [6, 6.07) is 16.1. The lowest BCUT2D eigenvalue weighted by atomic mass is 10.0. The lowest BCUT2D eigenvalue weighted by molar-refractivity contribution is -0.127. The Morgan fingerprint density at radius 2 is 1.76 bits per heavy atom. The third kappa shape index (κ3) is 5.59. The van der Waals surface area contributed by atoms with Gasteiger partial charge in [-0.25, -0.2) is 4.39 Å². The van der Waals surface area contributed by atoms with E-state index in [0.29, 0.717) is 11.3 Å². The van der Waals surface area contributed by atoms with Crippen LogP contribution in [0, 0.1) is 12.7 Å². The van der Waals surface area contributed by atoms with E-state index in [2.05, 4.69) is 25.7 Å². The molecule has 1 aliphatic carbocycles. The monoisotopic (exact) mass is 513 g/mol. The maximum atomic E-state index is 14.2. The third-order valence-electron chi connectivity index (χ3n) is 6.66. The Hall–Kier alpha value is -4.47. The summed E-state index contributed by atoms with van der Waals surface area (Å²) in [5.74, 6) is -1.10. The molecule has 2 amide bonds. The van der Waals surface area contributed by atoms with Gasteiger partial charge >= 0.3 is 0 Å². The van der Waals surface area contributed by atoms with E-state index < -0.39 is 17.8 Å². The largest absolute Gasteiger partial charge is 0.351 e. The zero-order valence-electron chi connectivity index (χ0n) is 21.0. The van der Waals surface area contributed by atoms with E-state index in [1.165, 1.54) is 11.0 Å². The molecule has 0 aliphatic heterocycles. The van der Waals surface area contributed by atoms with Crippen molar-refractivity contribution >= 4 is 17.5 Å². The fraction of sp³-hybridized carbons (Fsp3) is 0.286. The summed E-state index contributed by atoms with van der Waals surface area (Å²) >= 11 is 0. The molecule has 5 rings (SSSR count). The van der Waals surface area contributed by atoms with E-state index in [-0.39, 0.29) is 29.9 Å². The number of anilines is 1. The second-order valence-electron chi connectivity index (χ2n) is 9.40. The van der Waals surface area contributed by atoms with Crippen molar-refractivity contribution in [3.8, 4) is 11.4 Å². The first-order valence-corrected chi connectivity index (χ1v) is 12.6. The first kappa shape index (κ1) is 25.2. The van der Waals surface area contributed by atoms with Crippen LogP contribution in [0.5, 0.6) is 0 Å². The topological polar surface area (TPSA) is 106 Å². The summed E-state index contributed by atoms with van der Waals surface area (Å²) in [6.45, 7) is 1.65. The molecular weight excluding hydrogens is 485 g/mol. The van der Waals surface area contributed by atoms with Crippen LogP contribution >= 0.6 is 0 Å². The predicted octanol–water partition coefficient (Wildman–Crippen LogP) is 4.02. The van der Waals surface area contributed by atoms with Crippen LogP contribution in [0.15, 0.2) is 73.1 Å². The molecule has 4 aromatic rings. The second-order valence-corrected chi connectivity index (χ2v) is 9.40. The van der Waals surface area contributed by atoms with E-state index in [9.17, 15) is 14.0 Å². The summed E-state index contributed by atoms with van der Waals surface area (Å²) < 4.78 is 14.2. The minimum Gasteiger partial charge on any atom is -0.351 e. The minimum atomic E-state index is -0.941. The number of halogens is 1. The molecule has 0 spiro atoms. The number of amides is 2. The number of nitrogens with zero attached hydrogens (tertiary/aromatic N) is 6. The van der Waals surface area contributed by atoms with E-state index in [1.54, 1.807) is 42.7 Å². The maximum Gasteiger partial charge on any atom is 0.251 e. The van der Waals surface area contributed by atoms with Crippen molar-refractivity contribution in [3.63, 3.8) is 0 Å². The molecule has 10 heteroatoms. The minimum absolute atomic E-state index is 0.0714. The van der Waals surface area contributed by atoms with Gasteiger partial charge in [-0.3, -0.25) is 19.5 Å². The Morgan fingerprint density at radius 1 is 1.05 bits per heavy atom. The van der Waals surface area contributed by atoms with Crippen molar-refractivity contribution in [2.24, 2.45) is 0 Å². The average molecular weight is 514 g/mol. The number of pyridine rings is 1. The summed E-state index contributed by atoms with van der Waals surface area (Å²) in [4.78, 5) is 34.3. The molecule has 194 valence electrons. The van der Waals surface area contributed by atoms with Gasteiger partial charge in [0.05, 0.1) is 5.56 Å². The van der Waals surface area contributed by atoms with Crippen molar-refractivity contribution in [2.45, 2.75) is 51.2 Å². The van der Waals surface area contributed by atoms with Crippen molar-refractivity contribution in [1.29, 1.82) is 0 Å². The van der Waals surface area contributed by atoms with Gasteiger partial charge in [-0.2, -0.15) is 4.80 Å². The number of rotatable bonds is 8. The molecule has 38 heavy (non-hydrogen) atoms. The smallest absolute Gasteiger partial charge is 0.251 e. The number of hydrogen-bond donors (Lipinski definition) is 1. The summed E-state index contributed by atoms with van der Waals surface area (Å²) in [5.41, 5.74) is 2.39. The van der Waals surface area contributed by atoms with Crippen molar-refractivity contribution < 1.29 is 14.0 Å². The van der Waals surface area contributed by atoms with Crippen molar-refractivity contribution in [2.75, 3.05) is 4.90 Å². The highest BCUT2D eigenvalue weighted by Gasteiger charge is 2.34. The van der Waals surface area contributed by atoms with Gasteiger partial charge in [-0.1, -0.05) is 42.7 Å². The molecule has 0 bridgehead atoms. The van der Waals surface area contributed by atoms with Crippen LogP contribution in [0.1, 0.15) is 42.9 Å². The maximum absolute atomic E-state index is 14.2. The molecular formula is C28H28FN7O2. The molecule has 1 atom stereocenters. The highest BCUT2D eigenvalue weighted by Crippen LogP contribution is 2.30. The number of aromatic nitrogens is 5. The Labute approximate surface area is 219 Å². The summed E-state index contributed by atoms with van der Waals surface area (Å²) in [6.07, 6.45) is 7.15. The highest BCUT2D eigenvalue weighted by atomic mass is 19.1. The standard InChI is InChI=1S/C28H28FN7O2/c1-19-10-12-22(13-11-19)36(25(37)18-35-33-27(32-34-35)23-8-4-5-9-24(23)29)26(20-14-16-30-17-15-20)28(38)31-21-6-2-3-7-21/h4-5,8-17,21,26H,2-3,6-7,18H2,1H3,(H,31,38)/t26-/m1/s1. The lowest BCUT2D eigenvalue weighted by Crippen LogP contribution is -2.47. The van der Waals surface area contributed by atoms with Gasteiger partial charge in [0.25, 0.3) is 5.91 Å². The number of hydrogen-bond acceptors (Lipinski definition) is 6. The van der Waals surface area contributed by atoms with Crippen molar-refractivity contribution in [3.05, 3.63) is 90.0 Å². The Bertz CT molecular complexity index is 1400. The van der Waals surface area contributed by atoms with Gasteiger partial charge < -0.3 is 5.32 Å². The first-order valence-electron chi connectivity index (χ1n) is 12.6. The SMILES string of the molecule is Cc1ccc(N(C(=O)Cn2nnc(-c3ccccc3F)n2)[C@@H](C(=O)NC2CCCC2)c2ccncc2)cc1. The van der Waals surface area contributed by atoms with Gasteiger partial charge in [0.1, 0.15) is 18.4 Å². The van der Waals surface area contributed by atoms with E-state index in [4.69, 9.17) is 0 Å². The fourth-order valence-corrected chi connectivity index (χ4v) is 4.71. The first-order chi connectivity index (χ1) is 18.5. The average Bonchev–Trinajstić information content (AvgIpc) is 3.61. The Kier molecular flexibility index (Phi) is 7.48. The molecule has 1 saturated carbocycles. The number of carbonyl (C=O) groups excluding carboxylic acids is 2. The number of benzene rings is 2. The van der Waals surface area contributed by atoms with Crippen LogP contribution < -0.4 is 10.2 Å². The van der Waals surface area contributed by atoms with Crippen LogP contribution in [-0.2, 0) is 16.1 Å². The molecule has 0 saturated heterocycles. The van der Waals surface area contributed by atoms with Gasteiger partial charge in [-0.05, 0) is 66.9 Å². The van der Waals surface area contributed by atoms with Gasteiger partial charge in [0.2, 0.25) is 11.7 Å². The van der Waals surface area contributed by atoms with Gasteiger partial charge in [-0.15, -0.1) is 10.2 Å². The molecule has 0 radical (unpaired) electrons. The van der Waals surface area contributed by atoms with Crippen LogP contribution in [0.2, 0.25) is 0 Å². The Balaban J connectivity index is 1.49. The molecule has 1 N–H and O–H groups in total. The van der Waals surface area contributed by atoms with Crippen LogP contribution in [0.3, 0.4) is 0 Å². The zero-order valence-corrected chi connectivity index (χ0v) is 21.0. The highest BCUT2D eigenvalue weighted by molar-refractivity contribution is 6.01. The molecule has 1 fully saturated rings. The van der Waals surface area contributed by atoms with E-state index >= 15 is 0 Å². The number of nitrogens with one attached hydrogen (secondary N) is 1. The number of tetrazole rings is 1. The van der Waals surface area contributed by atoms with Crippen LogP contribution in [0.4, 0.5) is 10.1 Å². The molecule has 9 nitrogen and oxygen atoms in total. The van der Waals surface area contributed by atoms with Crippen LogP contribution in [-0.4, -0.2) is 43.0 Å². The van der Waals surface area contributed by atoms with Gasteiger partial charge in [0, 0.05) is 24.1 Å². The van der Waals surface area contributed by atoms with E-state index in [1.807, 2.05) is 31.2 Å². The predicted molar refractivity (Wildman–Crippen MR) is 139 cm³/mol. The van der Waals surface area contributed by atoms with Crippen LogP contribution in [0.25, 0.3) is 11.4 Å². The molecule has 0 unspecified atom stereocenters. The number of aryl methyl sites for hydroxylation is 1. The number of carbonyl (C=O) groups is 2. The van der Waals surface area contributed by atoms with Crippen molar-refractivity contribution in [1.82, 2.24) is 30.5 Å². The lowest BCUT2D eigenvalue weighted by Gasteiger charge is -2.32. The molecule has 2 aromatic carbocycles. The van der Waals surface area contributed by atoms with E-state index in [0.717, 1.165) is 36.0 Å². The third-order valence-corrected chi connectivity index (χ3v) is 6.66. The quantitative estimate of drug-likeness (QED) is 0.382. The Morgan fingerprint density at radius 3 is 2.47 bits per heavy atom. The molecule has 1 aliphatic rings. The van der Waals surface area contributed by atoms with Gasteiger partial charge in [0.15, 0.2) is 0 Å². The fourth-order valence-electron chi connectivity index (χ4n) is 4.71. The summed E-state index contributed by atoms with van der Waals surface area (Å²) in [7, 11) is 0. The normalized spacial score (nSPS) is 14.3. The zero-order chi connectivity index (χ0) is 26.5. The molecule has 2 heterocycles.